The molecule has 0 spiro atoms. The molecule has 0 radical (unpaired) electrons. The van der Waals surface area contributed by atoms with E-state index in [1.807, 2.05) is 42.5 Å². The van der Waals surface area contributed by atoms with E-state index in [2.05, 4.69) is 15.5 Å². The van der Waals surface area contributed by atoms with Crippen molar-refractivity contribution in [2.24, 2.45) is 5.10 Å². The Morgan fingerprint density at radius 3 is 2.60 bits per heavy atom. The van der Waals surface area contributed by atoms with E-state index in [1.54, 1.807) is 42.6 Å². The van der Waals surface area contributed by atoms with Gasteiger partial charge in [0.25, 0.3) is 5.91 Å². The van der Waals surface area contributed by atoms with Crippen molar-refractivity contribution in [3.8, 4) is 17.1 Å². The summed E-state index contributed by atoms with van der Waals surface area (Å²) in [4.78, 5) is 16.8. The number of rotatable bonds is 7. The summed E-state index contributed by atoms with van der Waals surface area (Å²) < 4.78 is 24.7. The number of pyridine rings is 1. The van der Waals surface area contributed by atoms with Gasteiger partial charge in [0.1, 0.15) is 35.2 Å². The first-order valence-electron chi connectivity index (χ1n) is 10.9. The quantitative estimate of drug-likeness (QED) is 0.237. The van der Waals surface area contributed by atoms with Crippen LogP contribution in [0.1, 0.15) is 21.7 Å². The van der Waals surface area contributed by atoms with Crippen LogP contribution in [0.2, 0.25) is 0 Å². The van der Waals surface area contributed by atoms with E-state index in [0.29, 0.717) is 29.4 Å². The molecule has 1 amide bonds. The van der Waals surface area contributed by atoms with Gasteiger partial charge in [-0.1, -0.05) is 30.3 Å². The van der Waals surface area contributed by atoms with E-state index >= 15 is 0 Å². The second kappa shape index (κ2) is 10.0. The third-order valence-corrected chi connectivity index (χ3v) is 5.32. The van der Waals surface area contributed by atoms with Crippen molar-refractivity contribution in [3.63, 3.8) is 0 Å². The average molecular weight is 465 g/mol. The van der Waals surface area contributed by atoms with Gasteiger partial charge in [-0.15, -0.1) is 0 Å². The van der Waals surface area contributed by atoms with Crippen LogP contribution in [0.5, 0.6) is 5.75 Å². The van der Waals surface area contributed by atoms with Crippen LogP contribution < -0.4 is 10.2 Å². The molecule has 0 unspecified atom stereocenters. The summed E-state index contributed by atoms with van der Waals surface area (Å²) in [5.74, 6) is 1.08. The highest BCUT2D eigenvalue weighted by atomic mass is 19.1. The summed E-state index contributed by atoms with van der Waals surface area (Å²) in [6.07, 6.45) is 3.15. The first-order valence-corrected chi connectivity index (χ1v) is 10.9. The van der Waals surface area contributed by atoms with Gasteiger partial charge in [-0.05, 0) is 66.2 Å². The van der Waals surface area contributed by atoms with Gasteiger partial charge in [0.05, 0.1) is 6.21 Å². The van der Waals surface area contributed by atoms with E-state index in [-0.39, 0.29) is 11.7 Å². The van der Waals surface area contributed by atoms with Crippen LogP contribution in [0, 0.1) is 5.82 Å². The van der Waals surface area contributed by atoms with Gasteiger partial charge >= 0.3 is 0 Å². The van der Waals surface area contributed by atoms with Gasteiger partial charge in [0, 0.05) is 22.7 Å². The first-order chi connectivity index (χ1) is 17.2. The molecule has 0 fully saturated rings. The lowest BCUT2D eigenvalue weighted by atomic mass is 10.1. The molecule has 0 aliphatic carbocycles. The van der Waals surface area contributed by atoms with E-state index < -0.39 is 0 Å². The molecular weight excluding hydrogens is 445 g/mol. The van der Waals surface area contributed by atoms with E-state index in [0.717, 1.165) is 22.0 Å². The minimum Gasteiger partial charge on any atom is -0.487 e. The summed E-state index contributed by atoms with van der Waals surface area (Å²) in [5.41, 5.74) is 5.42. The number of nitrogens with zero attached hydrogens (tertiary/aromatic N) is 2. The van der Waals surface area contributed by atoms with Crippen molar-refractivity contribution in [2.75, 3.05) is 0 Å². The molecule has 35 heavy (non-hydrogen) atoms. The Bertz CT molecular complexity index is 1490. The minimum atomic E-state index is -0.350. The van der Waals surface area contributed by atoms with Crippen molar-refractivity contribution < 1.29 is 18.3 Å². The molecular formula is C28H20FN3O3. The van der Waals surface area contributed by atoms with Crippen LogP contribution in [0.4, 0.5) is 4.39 Å². The number of nitrogens with one attached hydrogen (secondary N) is 1. The Labute approximate surface area is 200 Å². The average Bonchev–Trinajstić information content (AvgIpc) is 3.37. The number of hydrogen-bond acceptors (Lipinski definition) is 5. The van der Waals surface area contributed by atoms with Crippen LogP contribution in [0.15, 0.2) is 107 Å². The summed E-state index contributed by atoms with van der Waals surface area (Å²) in [7, 11) is 0. The zero-order valence-corrected chi connectivity index (χ0v) is 18.5. The summed E-state index contributed by atoms with van der Waals surface area (Å²) in [6.45, 7) is 0.352. The third-order valence-electron chi connectivity index (χ3n) is 5.32. The molecule has 0 saturated heterocycles. The number of fused-ring (bicyclic) bond motifs is 1. The highest BCUT2D eigenvalue weighted by Crippen LogP contribution is 2.24. The van der Waals surface area contributed by atoms with Crippen LogP contribution in [0.25, 0.3) is 22.2 Å². The van der Waals surface area contributed by atoms with Gasteiger partial charge in [-0.3, -0.25) is 9.78 Å². The fraction of sp³-hybridized carbons (Fsp3) is 0.0357. The Morgan fingerprint density at radius 1 is 0.971 bits per heavy atom. The van der Waals surface area contributed by atoms with Gasteiger partial charge < -0.3 is 9.15 Å². The lowest BCUT2D eigenvalue weighted by molar-refractivity contribution is 0.0955. The molecule has 0 atom stereocenters. The third kappa shape index (κ3) is 5.25. The number of amides is 1. The second-order valence-electron chi connectivity index (χ2n) is 7.72. The Hall–Kier alpha value is -4.78. The molecule has 6 nitrogen and oxygen atoms in total. The van der Waals surface area contributed by atoms with Crippen LogP contribution >= 0.6 is 0 Å². The number of carbonyl (C=O) groups is 1. The predicted molar refractivity (Wildman–Crippen MR) is 132 cm³/mol. The largest absolute Gasteiger partial charge is 0.487 e. The highest BCUT2D eigenvalue weighted by Gasteiger charge is 2.07. The molecule has 3 aromatic carbocycles. The van der Waals surface area contributed by atoms with Gasteiger partial charge in [-0.2, -0.15) is 5.10 Å². The van der Waals surface area contributed by atoms with Crippen molar-refractivity contribution in [1.82, 2.24) is 10.4 Å². The Morgan fingerprint density at radius 2 is 1.77 bits per heavy atom. The topological polar surface area (TPSA) is 76.7 Å². The van der Waals surface area contributed by atoms with E-state index in [4.69, 9.17) is 9.15 Å². The maximum Gasteiger partial charge on any atom is 0.271 e. The fourth-order valence-electron chi connectivity index (χ4n) is 3.52. The number of furan rings is 1. The first kappa shape index (κ1) is 22.0. The second-order valence-corrected chi connectivity index (χ2v) is 7.72. The zero-order chi connectivity index (χ0) is 24.0. The molecule has 0 aliphatic heterocycles. The molecule has 172 valence electrons. The van der Waals surface area contributed by atoms with Crippen molar-refractivity contribution in [2.45, 2.75) is 6.61 Å². The number of ether oxygens (including phenoxy) is 1. The maximum absolute atomic E-state index is 13.1. The summed E-state index contributed by atoms with van der Waals surface area (Å²) in [5, 5.41) is 4.97. The lowest BCUT2D eigenvalue weighted by Gasteiger charge is -2.09. The van der Waals surface area contributed by atoms with E-state index in [1.165, 1.54) is 18.3 Å². The highest BCUT2D eigenvalue weighted by molar-refractivity contribution is 5.94. The molecule has 2 heterocycles. The van der Waals surface area contributed by atoms with Crippen LogP contribution in [-0.4, -0.2) is 17.1 Å². The Kier molecular flexibility index (Phi) is 6.30. The molecule has 7 heteroatoms. The molecule has 1 N–H and O–H groups in total. The van der Waals surface area contributed by atoms with Crippen molar-refractivity contribution in [1.29, 1.82) is 0 Å². The normalized spacial score (nSPS) is 11.1. The molecule has 0 bridgehead atoms. The van der Waals surface area contributed by atoms with Crippen molar-refractivity contribution >= 4 is 23.0 Å². The number of halogens is 1. The van der Waals surface area contributed by atoms with Gasteiger partial charge in [-0.25, -0.2) is 9.82 Å². The molecule has 0 saturated carbocycles. The number of benzene rings is 3. The van der Waals surface area contributed by atoms with Crippen LogP contribution in [-0.2, 0) is 6.61 Å². The smallest absolute Gasteiger partial charge is 0.271 e. The zero-order valence-electron chi connectivity index (χ0n) is 18.5. The fourth-order valence-corrected chi connectivity index (χ4v) is 3.52. The summed E-state index contributed by atoms with van der Waals surface area (Å²) in [6, 6.07) is 26.2. The predicted octanol–water partition coefficient (Wildman–Crippen LogP) is 5.98. The lowest BCUT2D eigenvalue weighted by Crippen LogP contribution is -2.17. The number of hydrazone groups is 1. The number of hydrogen-bond donors (Lipinski definition) is 1. The van der Waals surface area contributed by atoms with Crippen molar-refractivity contribution in [3.05, 3.63) is 120 Å². The number of para-hydroxylation sites is 1. The molecule has 5 aromatic rings. The van der Waals surface area contributed by atoms with Gasteiger partial charge in [0.2, 0.25) is 0 Å². The molecule has 5 rings (SSSR count). The maximum atomic E-state index is 13.1. The standard InChI is InChI=1S/C28H20FN3O3/c29-23-12-10-20(11-13-23)25-15-14-24(35-25)17-31-32-28(33)22-8-6-19(7-9-22)18-34-26-5-1-3-21-4-2-16-30-27(21)26/h1-17H,18H2,(H,32,33)/b31-17-. The molecule has 2 aromatic heterocycles. The Balaban J connectivity index is 1.16. The number of aromatic nitrogens is 1. The summed E-state index contributed by atoms with van der Waals surface area (Å²) >= 11 is 0. The van der Waals surface area contributed by atoms with E-state index in [9.17, 15) is 9.18 Å². The number of carbonyl (C=O) groups excluding carboxylic acids is 1. The van der Waals surface area contributed by atoms with Crippen LogP contribution in [0.3, 0.4) is 0 Å². The SMILES string of the molecule is O=C(N/N=C\c1ccc(-c2ccc(F)cc2)o1)c1ccc(COc2cccc3cccnc23)cc1. The minimum absolute atomic E-state index is 0.313. The van der Waals surface area contributed by atoms with Gasteiger partial charge in [0.15, 0.2) is 0 Å². The monoisotopic (exact) mass is 465 g/mol. The molecule has 0 aliphatic rings.